The van der Waals surface area contributed by atoms with Crippen molar-refractivity contribution in [2.75, 3.05) is 13.7 Å². The Labute approximate surface area is 64.2 Å². The molecule has 0 aromatic rings. The highest BCUT2D eigenvalue weighted by atomic mass is 16.5. The van der Waals surface area contributed by atoms with E-state index < -0.39 is 17.8 Å². The average molecular weight is 158 g/mol. The van der Waals surface area contributed by atoms with E-state index in [-0.39, 0.29) is 18.8 Å². The van der Waals surface area contributed by atoms with E-state index in [2.05, 4.69) is 4.74 Å². The Bertz CT molecular complexity index is 187. The zero-order chi connectivity index (χ0) is 8.43. The van der Waals surface area contributed by atoms with Gasteiger partial charge in [0.15, 0.2) is 0 Å². The molecule has 62 valence electrons. The monoisotopic (exact) mass is 158 g/mol. The lowest BCUT2D eigenvalue weighted by Gasteiger charge is -2.30. The molecule has 1 aliphatic rings. The number of Topliss-reactive ketones (excluding diaryl/α,β-unsaturated/α-hetero) is 1. The minimum absolute atomic E-state index is 0.0529. The molecule has 0 bridgehead atoms. The van der Waals surface area contributed by atoms with Crippen molar-refractivity contribution in [3.8, 4) is 0 Å². The minimum Gasteiger partial charge on any atom is -0.469 e. The molecule has 0 aromatic heterocycles. The van der Waals surface area contributed by atoms with Crippen LogP contribution in [0.4, 0.5) is 0 Å². The number of carbonyl (C=O) groups excluding carboxylic acids is 2. The Kier molecular flexibility index (Phi) is 2.24. The van der Waals surface area contributed by atoms with Crippen LogP contribution >= 0.6 is 0 Å². The molecule has 11 heavy (non-hydrogen) atoms. The lowest BCUT2D eigenvalue weighted by atomic mass is 9.73. The van der Waals surface area contributed by atoms with Crippen molar-refractivity contribution in [3.63, 3.8) is 0 Å². The lowest BCUT2D eigenvalue weighted by Crippen LogP contribution is -2.44. The molecule has 1 fully saturated rings. The maximum atomic E-state index is 10.8. The number of ketones is 1. The quantitative estimate of drug-likeness (QED) is 0.543. The first kappa shape index (κ1) is 8.20. The summed E-state index contributed by atoms with van der Waals surface area (Å²) in [5, 5.41) is 8.64. The Balaban J connectivity index is 2.51. The average Bonchev–Trinajstić information content (AvgIpc) is 1.99. The summed E-state index contributed by atoms with van der Waals surface area (Å²) in [6.07, 6.45) is 0.220. The lowest BCUT2D eigenvalue weighted by molar-refractivity contribution is -0.159. The van der Waals surface area contributed by atoms with Crippen LogP contribution in [0.25, 0.3) is 0 Å². The van der Waals surface area contributed by atoms with Gasteiger partial charge in [-0.1, -0.05) is 0 Å². The molecule has 2 atom stereocenters. The molecule has 2 unspecified atom stereocenters. The van der Waals surface area contributed by atoms with Gasteiger partial charge in [0, 0.05) is 6.42 Å². The van der Waals surface area contributed by atoms with Gasteiger partial charge in [-0.3, -0.25) is 9.59 Å². The van der Waals surface area contributed by atoms with Gasteiger partial charge in [-0.2, -0.15) is 0 Å². The predicted molar refractivity (Wildman–Crippen MR) is 35.7 cm³/mol. The topological polar surface area (TPSA) is 63.6 Å². The van der Waals surface area contributed by atoms with Crippen molar-refractivity contribution in [2.24, 2.45) is 11.8 Å². The number of hydrogen-bond donors (Lipinski definition) is 1. The zero-order valence-electron chi connectivity index (χ0n) is 6.24. The molecule has 1 aliphatic carbocycles. The molecule has 1 rings (SSSR count). The summed E-state index contributed by atoms with van der Waals surface area (Å²) in [5.74, 6) is -1.37. The van der Waals surface area contributed by atoms with Crippen molar-refractivity contribution in [1.82, 2.24) is 0 Å². The van der Waals surface area contributed by atoms with Crippen LogP contribution in [0.1, 0.15) is 6.42 Å². The second kappa shape index (κ2) is 3.00. The van der Waals surface area contributed by atoms with Gasteiger partial charge in [-0.05, 0) is 0 Å². The van der Waals surface area contributed by atoms with Crippen molar-refractivity contribution in [1.29, 1.82) is 0 Å². The van der Waals surface area contributed by atoms with E-state index in [1.807, 2.05) is 0 Å². The van der Waals surface area contributed by atoms with Crippen LogP contribution in [0, 0.1) is 11.8 Å². The SMILES string of the molecule is COC(=O)C1CC(=O)C1CO. The van der Waals surface area contributed by atoms with Crippen LogP contribution in [-0.2, 0) is 14.3 Å². The Morgan fingerprint density at radius 2 is 2.45 bits per heavy atom. The molecule has 0 aromatic carbocycles. The number of carbonyl (C=O) groups is 2. The fraction of sp³-hybridized carbons (Fsp3) is 0.714. The number of esters is 1. The molecule has 0 radical (unpaired) electrons. The summed E-state index contributed by atoms with van der Waals surface area (Å²) in [6.45, 7) is -0.251. The number of ether oxygens (including phenoxy) is 1. The van der Waals surface area contributed by atoms with Gasteiger partial charge in [0.05, 0.1) is 25.6 Å². The van der Waals surface area contributed by atoms with Crippen LogP contribution in [0.5, 0.6) is 0 Å². The summed E-state index contributed by atoms with van der Waals surface area (Å²) >= 11 is 0. The third kappa shape index (κ3) is 1.26. The number of methoxy groups -OCH3 is 1. The first-order valence-electron chi connectivity index (χ1n) is 3.42. The molecule has 0 amide bonds. The van der Waals surface area contributed by atoms with Crippen molar-refractivity contribution in [3.05, 3.63) is 0 Å². The number of aliphatic hydroxyl groups excluding tert-OH is 1. The van der Waals surface area contributed by atoms with Crippen LogP contribution < -0.4 is 0 Å². The molecule has 1 N–H and O–H groups in total. The highest BCUT2D eigenvalue weighted by Crippen LogP contribution is 2.30. The highest BCUT2D eigenvalue weighted by molar-refractivity contribution is 5.96. The smallest absolute Gasteiger partial charge is 0.309 e. The van der Waals surface area contributed by atoms with Crippen LogP contribution in [0.3, 0.4) is 0 Å². The van der Waals surface area contributed by atoms with Gasteiger partial charge < -0.3 is 9.84 Å². The summed E-state index contributed by atoms with van der Waals surface area (Å²) in [4.78, 5) is 21.5. The molecule has 4 heteroatoms. The first-order valence-corrected chi connectivity index (χ1v) is 3.42. The van der Waals surface area contributed by atoms with Gasteiger partial charge in [-0.25, -0.2) is 0 Å². The summed E-state index contributed by atoms with van der Waals surface area (Å²) in [5.41, 5.74) is 0. The van der Waals surface area contributed by atoms with Gasteiger partial charge in [-0.15, -0.1) is 0 Å². The summed E-state index contributed by atoms with van der Waals surface area (Å²) < 4.78 is 4.43. The first-order chi connectivity index (χ1) is 5.20. The van der Waals surface area contributed by atoms with Crippen LogP contribution in [0.2, 0.25) is 0 Å². The van der Waals surface area contributed by atoms with E-state index >= 15 is 0 Å². The maximum Gasteiger partial charge on any atom is 0.309 e. The Morgan fingerprint density at radius 3 is 2.82 bits per heavy atom. The summed E-state index contributed by atoms with van der Waals surface area (Å²) in [7, 11) is 1.28. The highest BCUT2D eigenvalue weighted by Gasteiger charge is 2.44. The molecular weight excluding hydrogens is 148 g/mol. The maximum absolute atomic E-state index is 10.8. The van der Waals surface area contributed by atoms with Crippen molar-refractivity contribution in [2.45, 2.75) is 6.42 Å². The van der Waals surface area contributed by atoms with E-state index in [1.54, 1.807) is 0 Å². The largest absolute Gasteiger partial charge is 0.469 e. The van der Waals surface area contributed by atoms with Gasteiger partial charge in [0.2, 0.25) is 0 Å². The molecule has 0 heterocycles. The van der Waals surface area contributed by atoms with E-state index in [4.69, 9.17) is 5.11 Å². The van der Waals surface area contributed by atoms with E-state index in [0.717, 1.165) is 0 Å². The van der Waals surface area contributed by atoms with Gasteiger partial charge in [0.25, 0.3) is 0 Å². The van der Waals surface area contributed by atoms with Crippen molar-refractivity contribution < 1.29 is 19.4 Å². The molecular formula is C7H10O4. The number of aliphatic hydroxyl groups is 1. The van der Waals surface area contributed by atoms with E-state index in [0.29, 0.717) is 0 Å². The second-order valence-corrected chi connectivity index (χ2v) is 2.59. The molecule has 0 spiro atoms. The van der Waals surface area contributed by atoms with Crippen LogP contribution in [-0.4, -0.2) is 30.6 Å². The predicted octanol–water partition coefficient (Wildman–Crippen LogP) is -0.643. The Morgan fingerprint density at radius 1 is 1.82 bits per heavy atom. The van der Waals surface area contributed by atoms with E-state index in [9.17, 15) is 9.59 Å². The fourth-order valence-corrected chi connectivity index (χ4v) is 1.20. The normalized spacial score (nSPS) is 29.5. The van der Waals surface area contributed by atoms with Gasteiger partial charge >= 0.3 is 5.97 Å². The van der Waals surface area contributed by atoms with Crippen molar-refractivity contribution >= 4 is 11.8 Å². The van der Waals surface area contributed by atoms with Gasteiger partial charge in [0.1, 0.15) is 5.78 Å². The molecule has 0 aliphatic heterocycles. The third-order valence-electron chi connectivity index (χ3n) is 2.02. The fourth-order valence-electron chi connectivity index (χ4n) is 1.20. The molecule has 4 nitrogen and oxygen atoms in total. The van der Waals surface area contributed by atoms with E-state index in [1.165, 1.54) is 7.11 Å². The molecule has 1 saturated carbocycles. The molecule has 0 saturated heterocycles. The minimum atomic E-state index is -0.512. The van der Waals surface area contributed by atoms with Crippen LogP contribution in [0.15, 0.2) is 0 Å². The third-order valence-corrected chi connectivity index (χ3v) is 2.02. The standard InChI is InChI=1S/C7H10O4/c1-11-7(10)4-2-6(9)5(4)3-8/h4-5,8H,2-3H2,1H3. The Hall–Kier alpha value is -0.900. The number of hydrogen-bond acceptors (Lipinski definition) is 4. The second-order valence-electron chi connectivity index (χ2n) is 2.59. The number of rotatable bonds is 2. The summed E-state index contributed by atoms with van der Waals surface area (Å²) in [6, 6.07) is 0. The zero-order valence-corrected chi connectivity index (χ0v) is 6.24.